The molecule has 1 unspecified atom stereocenters. The zero-order valence-electron chi connectivity index (χ0n) is 9.95. The normalized spacial score (nSPS) is 12.9. The minimum absolute atomic E-state index is 0.112. The van der Waals surface area contributed by atoms with Crippen LogP contribution in [-0.4, -0.2) is 36.9 Å². The number of hydrogen-bond donors (Lipinski definition) is 2. The van der Waals surface area contributed by atoms with Crippen molar-refractivity contribution >= 4 is 5.91 Å². The first-order valence-electron chi connectivity index (χ1n) is 5.60. The molecular weight excluding hydrogens is 194 g/mol. The van der Waals surface area contributed by atoms with Crippen LogP contribution in [0, 0.1) is 5.92 Å². The van der Waals surface area contributed by atoms with Crippen LogP contribution < -0.4 is 5.32 Å². The second-order valence-corrected chi connectivity index (χ2v) is 4.00. The van der Waals surface area contributed by atoms with E-state index in [1.807, 2.05) is 20.8 Å². The summed E-state index contributed by atoms with van der Waals surface area (Å²) >= 11 is 0. The van der Waals surface area contributed by atoms with Crippen molar-refractivity contribution in [3.63, 3.8) is 0 Å². The van der Waals surface area contributed by atoms with E-state index < -0.39 is 0 Å². The molecule has 0 rings (SSSR count). The van der Waals surface area contributed by atoms with Gasteiger partial charge in [0.2, 0.25) is 5.91 Å². The molecule has 4 nitrogen and oxygen atoms in total. The van der Waals surface area contributed by atoms with E-state index in [9.17, 15) is 9.90 Å². The van der Waals surface area contributed by atoms with E-state index in [-0.39, 0.29) is 24.5 Å². The fraction of sp³-hybridized carbons (Fsp3) is 0.909. The molecule has 0 saturated carbocycles. The maximum atomic E-state index is 11.2. The molecule has 0 aliphatic rings. The van der Waals surface area contributed by atoms with Gasteiger partial charge in [0.05, 0.1) is 6.10 Å². The molecular formula is C11H23NO3. The Morgan fingerprint density at radius 2 is 2.13 bits per heavy atom. The zero-order valence-corrected chi connectivity index (χ0v) is 9.95. The molecule has 0 fully saturated rings. The second-order valence-electron chi connectivity index (χ2n) is 4.00. The van der Waals surface area contributed by atoms with Crippen LogP contribution in [0.1, 0.15) is 33.6 Å². The van der Waals surface area contributed by atoms with Gasteiger partial charge in [-0.25, -0.2) is 0 Å². The topological polar surface area (TPSA) is 58.6 Å². The number of carbonyl (C=O) groups is 1. The highest BCUT2D eigenvalue weighted by molar-refractivity contribution is 5.77. The molecule has 0 aromatic carbocycles. The molecule has 90 valence electrons. The second kappa shape index (κ2) is 8.68. The Morgan fingerprint density at radius 1 is 1.47 bits per heavy atom. The third kappa shape index (κ3) is 8.39. The summed E-state index contributed by atoms with van der Waals surface area (Å²) in [6.07, 6.45) is 1.16. The largest absolute Gasteiger partial charge is 0.393 e. The van der Waals surface area contributed by atoms with Crippen molar-refractivity contribution in [2.45, 2.75) is 39.7 Å². The molecule has 15 heavy (non-hydrogen) atoms. The lowest BCUT2D eigenvalue weighted by atomic mass is 10.0. The minimum Gasteiger partial charge on any atom is -0.393 e. The highest BCUT2D eigenvalue weighted by atomic mass is 16.5. The van der Waals surface area contributed by atoms with Crippen LogP contribution in [0.2, 0.25) is 0 Å². The quantitative estimate of drug-likeness (QED) is 0.595. The molecule has 0 saturated heterocycles. The molecule has 1 amide bonds. The van der Waals surface area contributed by atoms with E-state index in [0.717, 1.165) is 6.42 Å². The van der Waals surface area contributed by atoms with E-state index in [0.29, 0.717) is 19.6 Å². The van der Waals surface area contributed by atoms with Crippen LogP contribution in [0.4, 0.5) is 0 Å². The molecule has 0 heterocycles. The average molecular weight is 217 g/mol. The van der Waals surface area contributed by atoms with Crippen molar-refractivity contribution in [3.05, 3.63) is 0 Å². The van der Waals surface area contributed by atoms with Gasteiger partial charge in [-0.3, -0.25) is 4.79 Å². The third-order valence-electron chi connectivity index (χ3n) is 2.11. The van der Waals surface area contributed by atoms with Crippen LogP contribution in [0.25, 0.3) is 0 Å². The fourth-order valence-electron chi connectivity index (χ4n) is 1.05. The summed E-state index contributed by atoms with van der Waals surface area (Å²) in [6.45, 7) is 7.14. The summed E-state index contributed by atoms with van der Waals surface area (Å²) in [7, 11) is 0. The maximum Gasteiger partial charge on any atom is 0.245 e. The molecule has 2 N–H and O–H groups in total. The van der Waals surface area contributed by atoms with Crippen molar-refractivity contribution in [1.82, 2.24) is 5.32 Å². The Bertz CT molecular complexity index is 171. The van der Waals surface area contributed by atoms with Crippen LogP contribution in [0.15, 0.2) is 0 Å². The number of aliphatic hydroxyl groups is 1. The van der Waals surface area contributed by atoms with E-state index >= 15 is 0 Å². The SMILES string of the molecule is CCCOCC(=O)NCCC(O)C(C)C. The predicted octanol–water partition coefficient (Wildman–Crippen LogP) is 0.936. The van der Waals surface area contributed by atoms with Crippen LogP contribution >= 0.6 is 0 Å². The zero-order chi connectivity index (χ0) is 11.7. The predicted molar refractivity (Wildman–Crippen MR) is 59.6 cm³/mol. The molecule has 0 aliphatic heterocycles. The molecule has 0 bridgehead atoms. The highest BCUT2D eigenvalue weighted by Crippen LogP contribution is 2.03. The van der Waals surface area contributed by atoms with Gasteiger partial charge in [0.25, 0.3) is 0 Å². The Hall–Kier alpha value is -0.610. The maximum absolute atomic E-state index is 11.2. The molecule has 0 aromatic rings. The average Bonchev–Trinajstić information content (AvgIpc) is 2.18. The summed E-state index contributed by atoms with van der Waals surface area (Å²) in [5, 5.41) is 12.2. The van der Waals surface area contributed by atoms with Gasteiger partial charge in [-0.05, 0) is 18.8 Å². The number of carbonyl (C=O) groups excluding carboxylic acids is 1. The molecule has 0 spiro atoms. The molecule has 0 aliphatic carbocycles. The van der Waals surface area contributed by atoms with Crippen molar-refractivity contribution in [1.29, 1.82) is 0 Å². The Labute approximate surface area is 92.0 Å². The number of nitrogens with one attached hydrogen (secondary N) is 1. The lowest BCUT2D eigenvalue weighted by Crippen LogP contribution is -2.31. The number of ether oxygens (including phenoxy) is 1. The number of rotatable bonds is 8. The summed E-state index contributed by atoms with van der Waals surface area (Å²) in [5.74, 6) is 0.123. The lowest BCUT2D eigenvalue weighted by molar-refractivity contribution is -0.125. The smallest absolute Gasteiger partial charge is 0.245 e. The summed E-state index contributed by atoms with van der Waals surface area (Å²) in [6, 6.07) is 0. The van der Waals surface area contributed by atoms with Crippen LogP contribution in [0.3, 0.4) is 0 Å². The monoisotopic (exact) mass is 217 g/mol. The lowest BCUT2D eigenvalue weighted by Gasteiger charge is -2.14. The van der Waals surface area contributed by atoms with Gasteiger partial charge in [0.1, 0.15) is 6.61 Å². The number of amides is 1. The highest BCUT2D eigenvalue weighted by Gasteiger charge is 2.09. The standard InChI is InChI=1S/C11H23NO3/c1-4-7-15-8-11(14)12-6-5-10(13)9(2)3/h9-10,13H,4-8H2,1-3H3,(H,12,14). The molecule has 0 radical (unpaired) electrons. The summed E-state index contributed by atoms with van der Waals surface area (Å²) in [4.78, 5) is 11.2. The summed E-state index contributed by atoms with van der Waals surface area (Å²) in [5.41, 5.74) is 0. The third-order valence-corrected chi connectivity index (χ3v) is 2.11. The van der Waals surface area contributed by atoms with Gasteiger partial charge in [-0.1, -0.05) is 20.8 Å². The van der Waals surface area contributed by atoms with Gasteiger partial charge in [-0.2, -0.15) is 0 Å². The Balaban J connectivity index is 3.38. The summed E-state index contributed by atoms with van der Waals surface area (Å²) < 4.78 is 5.08. The van der Waals surface area contributed by atoms with E-state index in [2.05, 4.69) is 5.32 Å². The van der Waals surface area contributed by atoms with Crippen molar-refractivity contribution in [2.24, 2.45) is 5.92 Å². The van der Waals surface area contributed by atoms with Crippen molar-refractivity contribution in [3.8, 4) is 0 Å². The van der Waals surface area contributed by atoms with Gasteiger partial charge in [0, 0.05) is 13.2 Å². The van der Waals surface area contributed by atoms with Gasteiger partial charge < -0.3 is 15.2 Å². The fourth-order valence-corrected chi connectivity index (χ4v) is 1.05. The van der Waals surface area contributed by atoms with E-state index in [1.54, 1.807) is 0 Å². The Kier molecular flexibility index (Phi) is 8.33. The molecule has 1 atom stereocenters. The number of aliphatic hydroxyl groups excluding tert-OH is 1. The minimum atomic E-state index is -0.345. The van der Waals surface area contributed by atoms with E-state index in [1.165, 1.54) is 0 Å². The molecule has 0 aromatic heterocycles. The van der Waals surface area contributed by atoms with Crippen LogP contribution in [0.5, 0.6) is 0 Å². The first kappa shape index (κ1) is 14.4. The van der Waals surface area contributed by atoms with Gasteiger partial charge >= 0.3 is 0 Å². The van der Waals surface area contributed by atoms with Crippen molar-refractivity contribution in [2.75, 3.05) is 19.8 Å². The van der Waals surface area contributed by atoms with Gasteiger partial charge in [0.15, 0.2) is 0 Å². The Morgan fingerprint density at radius 3 is 2.67 bits per heavy atom. The number of hydrogen-bond acceptors (Lipinski definition) is 3. The van der Waals surface area contributed by atoms with E-state index in [4.69, 9.17) is 4.74 Å². The van der Waals surface area contributed by atoms with Crippen molar-refractivity contribution < 1.29 is 14.6 Å². The first-order valence-corrected chi connectivity index (χ1v) is 5.60. The first-order chi connectivity index (χ1) is 7.07. The van der Waals surface area contributed by atoms with Gasteiger partial charge in [-0.15, -0.1) is 0 Å². The molecule has 4 heteroatoms. The van der Waals surface area contributed by atoms with Crippen LogP contribution in [-0.2, 0) is 9.53 Å².